The molecule has 1 heterocycles. The van der Waals surface area contributed by atoms with E-state index in [0.29, 0.717) is 11.3 Å². The Bertz CT molecular complexity index is 719. The van der Waals surface area contributed by atoms with E-state index < -0.39 is 5.97 Å². The van der Waals surface area contributed by atoms with E-state index in [4.69, 9.17) is 15.1 Å². The second kappa shape index (κ2) is 6.94. The number of hydrogen-bond acceptors (Lipinski definition) is 6. The Kier molecular flexibility index (Phi) is 4.98. The summed E-state index contributed by atoms with van der Waals surface area (Å²) < 4.78 is 4.71. The highest BCUT2D eigenvalue weighted by Gasteiger charge is 2.34. The minimum atomic E-state index is -0.602. The normalized spacial score (nSPS) is 14.0. The van der Waals surface area contributed by atoms with Crippen molar-refractivity contribution < 1.29 is 19.4 Å². The number of carbonyl (C=O) groups excluding carboxylic acids is 2. The van der Waals surface area contributed by atoms with Gasteiger partial charge in [0.2, 0.25) is 0 Å². The maximum Gasteiger partial charge on any atom is 0.337 e. The number of nitriles is 1. The number of aryl methyl sites for hydroxylation is 1. The number of carbonyl (C=O) groups is 2. The molecule has 1 aromatic carbocycles. The van der Waals surface area contributed by atoms with Crippen LogP contribution < -0.4 is 5.32 Å². The first-order chi connectivity index (χ1) is 11.0. The molecule has 0 spiro atoms. The van der Waals surface area contributed by atoms with Gasteiger partial charge in [-0.3, -0.25) is 4.79 Å². The number of hydrogen-bond donors (Lipinski definition) is 2. The van der Waals surface area contributed by atoms with Gasteiger partial charge in [0.1, 0.15) is 5.70 Å². The van der Waals surface area contributed by atoms with Gasteiger partial charge in [-0.25, -0.2) is 4.79 Å². The second-order valence-corrected chi connectivity index (χ2v) is 5.12. The molecule has 0 unspecified atom stereocenters. The molecule has 120 valence electrons. The first kappa shape index (κ1) is 16.5. The van der Waals surface area contributed by atoms with Crippen molar-refractivity contribution in [3.8, 4) is 6.07 Å². The lowest BCUT2D eigenvalue weighted by Gasteiger charge is -2.15. The Balaban J connectivity index is 2.37. The highest BCUT2D eigenvalue weighted by molar-refractivity contribution is 6.08. The van der Waals surface area contributed by atoms with Gasteiger partial charge >= 0.3 is 5.97 Å². The predicted molar refractivity (Wildman–Crippen MR) is 82.2 cm³/mol. The molecule has 1 aliphatic heterocycles. The van der Waals surface area contributed by atoms with Crippen LogP contribution >= 0.6 is 0 Å². The lowest BCUT2D eigenvalue weighted by Crippen LogP contribution is -2.31. The van der Waals surface area contributed by atoms with Crippen molar-refractivity contribution in [2.75, 3.05) is 32.1 Å². The van der Waals surface area contributed by atoms with E-state index in [1.807, 2.05) is 13.0 Å². The van der Waals surface area contributed by atoms with Crippen LogP contribution in [0.2, 0.25) is 0 Å². The Morgan fingerprint density at radius 2 is 2.22 bits per heavy atom. The summed E-state index contributed by atoms with van der Waals surface area (Å²) in [4.78, 5) is 25.6. The zero-order chi connectivity index (χ0) is 17.0. The van der Waals surface area contributed by atoms with Crippen LogP contribution in [0.4, 0.5) is 5.69 Å². The van der Waals surface area contributed by atoms with Gasteiger partial charge in [0.25, 0.3) is 5.91 Å². The van der Waals surface area contributed by atoms with E-state index in [1.165, 1.54) is 12.0 Å². The van der Waals surface area contributed by atoms with Gasteiger partial charge in [-0.1, -0.05) is 0 Å². The highest BCUT2D eigenvalue weighted by Crippen LogP contribution is 2.23. The lowest BCUT2D eigenvalue weighted by molar-refractivity contribution is -0.136. The molecule has 0 aromatic heterocycles. The van der Waals surface area contributed by atoms with E-state index >= 15 is 0 Å². The van der Waals surface area contributed by atoms with Gasteiger partial charge in [0, 0.05) is 12.2 Å². The zero-order valence-corrected chi connectivity index (χ0v) is 12.9. The van der Waals surface area contributed by atoms with Crippen LogP contribution in [0.5, 0.6) is 0 Å². The van der Waals surface area contributed by atoms with Crippen molar-refractivity contribution in [1.82, 2.24) is 4.90 Å². The number of esters is 1. The van der Waals surface area contributed by atoms with Crippen LogP contribution in [0.25, 0.3) is 0 Å². The average molecular weight is 315 g/mol. The summed E-state index contributed by atoms with van der Waals surface area (Å²) in [5.74, 6) is -0.992. The number of benzene rings is 1. The van der Waals surface area contributed by atoms with Crippen molar-refractivity contribution in [2.24, 2.45) is 0 Å². The SMILES string of the molecule is COC(=O)C1=C(Nc2cc(C)cc(C#N)c2)C(=O)N(CCO)C1. The minimum Gasteiger partial charge on any atom is -0.466 e. The number of nitrogens with zero attached hydrogens (tertiary/aromatic N) is 2. The van der Waals surface area contributed by atoms with E-state index in [1.54, 1.807) is 18.2 Å². The molecule has 0 saturated carbocycles. The van der Waals surface area contributed by atoms with E-state index in [2.05, 4.69) is 5.32 Å². The lowest BCUT2D eigenvalue weighted by atomic mass is 10.1. The number of anilines is 1. The highest BCUT2D eigenvalue weighted by atomic mass is 16.5. The molecule has 1 aliphatic rings. The smallest absolute Gasteiger partial charge is 0.337 e. The van der Waals surface area contributed by atoms with Gasteiger partial charge in [-0.15, -0.1) is 0 Å². The molecule has 0 fully saturated rings. The van der Waals surface area contributed by atoms with Gasteiger partial charge in [0.05, 0.1) is 37.5 Å². The number of amides is 1. The third kappa shape index (κ3) is 3.49. The molecule has 7 heteroatoms. The fourth-order valence-electron chi connectivity index (χ4n) is 2.41. The standard InChI is InChI=1S/C16H17N3O4/c1-10-5-11(8-17)7-12(6-10)18-14-13(16(22)23-2)9-19(3-4-20)15(14)21/h5-7,18,20H,3-4,9H2,1-2H3. The van der Waals surface area contributed by atoms with Crippen molar-refractivity contribution in [2.45, 2.75) is 6.92 Å². The summed E-state index contributed by atoms with van der Waals surface area (Å²) in [7, 11) is 1.24. The second-order valence-electron chi connectivity index (χ2n) is 5.12. The summed E-state index contributed by atoms with van der Waals surface area (Å²) in [6.07, 6.45) is 0. The summed E-state index contributed by atoms with van der Waals surface area (Å²) in [5.41, 5.74) is 2.15. The van der Waals surface area contributed by atoms with Crippen LogP contribution in [0.3, 0.4) is 0 Å². The molecular weight excluding hydrogens is 298 g/mol. The number of aliphatic hydroxyl groups is 1. The summed E-state index contributed by atoms with van der Waals surface area (Å²) in [6.45, 7) is 1.83. The van der Waals surface area contributed by atoms with Crippen molar-refractivity contribution in [3.63, 3.8) is 0 Å². The van der Waals surface area contributed by atoms with Crippen molar-refractivity contribution in [3.05, 3.63) is 40.6 Å². The molecule has 0 saturated heterocycles. The molecule has 2 rings (SSSR count). The molecule has 1 amide bonds. The molecule has 0 radical (unpaired) electrons. The Morgan fingerprint density at radius 3 is 2.83 bits per heavy atom. The van der Waals surface area contributed by atoms with Crippen molar-refractivity contribution in [1.29, 1.82) is 5.26 Å². The zero-order valence-electron chi connectivity index (χ0n) is 12.9. The van der Waals surface area contributed by atoms with Gasteiger partial charge in [-0.2, -0.15) is 5.26 Å². The maximum atomic E-state index is 12.4. The Morgan fingerprint density at radius 1 is 1.48 bits per heavy atom. The molecule has 2 N–H and O–H groups in total. The van der Waals surface area contributed by atoms with Crippen LogP contribution in [0, 0.1) is 18.3 Å². The fourth-order valence-corrected chi connectivity index (χ4v) is 2.41. The minimum absolute atomic E-state index is 0.0747. The molecule has 23 heavy (non-hydrogen) atoms. The van der Waals surface area contributed by atoms with E-state index in [-0.39, 0.29) is 36.9 Å². The molecule has 0 bridgehead atoms. The predicted octanol–water partition coefficient (Wildman–Crippen LogP) is 0.540. The quantitative estimate of drug-likeness (QED) is 0.769. The average Bonchev–Trinajstić information content (AvgIpc) is 2.83. The van der Waals surface area contributed by atoms with Crippen LogP contribution in [0.1, 0.15) is 11.1 Å². The molecule has 0 aliphatic carbocycles. The van der Waals surface area contributed by atoms with Gasteiger partial charge < -0.3 is 20.1 Å². The van der Waals surface area contributed by atoms with E-state index in [9.17, 15) is 9.59 Å². The van der Waals surface area contributed by atoms with Gasteiger partial charge in [0.15, 0.2) is 0 Å². The van der Waals surface area contributed by atoms with Crippen LogP contribution in [-0.4, -0.2) is 48.7 Å². The number of rotatable bonds is 5. The van der Waals surface area contributed by atoms with Crippen molar-refractivity contribution >= 4 is 17.6 Å². The monoisotopic (exact) mass is 315 g/mol. The fraction of sp³-hybridized carbons (Fsp3) is 0.312. The first-order valence-corrected chi connectivity index (χ1v) is 7.00. The number of aliphatic hydroxyl groups excluding tert-OH is 1. The molecular formula is C16H17N3O4. The largest absolute Gasteiger partial charge is 0.466 e. The summed E-state index contributed by atoms with van der Waals surface area (Å²) >= 11 is 0. The summed E-state index contributed by atoms with van der Waals surface area (Å²) in [6, 6.07) is 7.12. The summed E-state index contributed by atoms with van der Waals surface area (Å²) in [5, 5.41) is 21.0. The Hall–Kier alpha value is -2.85. The molecule has 7 nitrogen and oxygen atoms in total. The van der Waals surface area contributed by atoms with Crippen LogP contribution in [0.15, 0.2) is 29.5 Å². The number of ether oxygens (including phenoxy) is 1. The maximum absolute atomic E-state index is 12.4. The third-order valence-electron chi connectivity index (χ3n) is 3.43. The number of nitrogens with one attached hydrogen (secondary N) is 1. The third-order valence-corrected chi connectivity index (χ3v) is 3.43. The van der Waals surface area contributed by atoms with E-state index in [0.717, 1.165) is 5.56 Å². The Labute approximate surface area is 133 Å². The number of methoxy groups -OCH3 is 1. The molecule has 0 atom stereocenters. The topological polar surface area (TPSA) is 103 Å². The first-order valence-electron chi connectivity index (χ1n) is 7.00. The van der Waals surface area contributed by atoms with Gasteiger partial charge in [-0.05, 0) is 30.7 Å². The van der Waals surface area contributed by atoms with Crippen LogP contribution in [-0.2, 0) is 14.3 Å². The number of β-amino-alcohol motifs (C(OH)–C–C–N with tert-alkyl or cyclic N) is 1. The molecule has 1 aromatic rings.